The molecule has 0 bridgehead atoms. The minimum absolute atomic E-state index is 0.464. The van der Waals surface area contributed by atoms with Crippen molar-refractivity contribution < 1.29 is 4.74 Å². The Hall–Kier alpha value is -1.44. The van der Waals surface area contributed by atoms with Crippen molar-refractivity contribution in [1.29, 1.82) is 0 Å². The van der Waals surface area contributed by atoms with Gasteiger partial charge < -0.3 is 9.64 Å². The van der Waals surface area contributed by atoms with Gasteiger partial charge in [-0.2, -0.15) is 0 Å². The molecule has 116 valence electrons. The van der Waals surface area contributed by atoms with E-state index in [1.54, 1.807) is 0 Å². The van der Waals surface area contributed by atoms with E-state index in [2.05, 4.69) is 64.8 Å². The molecule has 0 aliphatic carbocycles. The smallest absolute Gasteiger partial charge is 0.132 e. The third-order valence-corrected chi connectivity index (χ3v) is 4.50. The number of hydrogen-bond acceptors (Lipinski definition) is 2. The average Bonchev–Trinajstić information content (AvgIpc) is 2.76. The van der Waals surface area contributed by atoms with Crippen molar-refractivity contribution in [3.05, 3.63) is 40.8 Å². The maximum absolute atomic E-state index is 6.29. The second kappa shape index (κ2) is 6.55. The Morgan fingerprint density at radius 3 is 2.24 bits per heavy atom. The Kier molecular flexibility index (Phi) is 4.97. The van der Waals surface area contributed by atoms with Gasteiger partial charge in [0.15, 0.2) is 0 Å². The first-order valence-electron chi connectivity index (χ1n) is 8.19. The van der Waals surface area contributed by atoms with Crippen LogP contribution in [-0.2, 0) is 0 Å². The van der Waals surface area contributed by atoms with Crippen LogP contribution >= 0.6 is 0 Å². The standard InChI is InChI=1S/C19H29NO/c1-7-17(8-2)20-11-16(6)18(12-20)21-19-14(4)9-13(3)10-15(19)5/h9-10,12,16-17H,7-8,11H2,1-6H3. The molecular formula is C19H29NO. The van der Waals surface area contributed by atoms with Gasteiger partial charge in [-0.3, -0.25) is 0 Å². The maximum atomic E-state index is 6.29. The molecule has 1 aromatic rings. The first kappa shape index (κ1) is 15.9. The molecule has 1 atom stereocenters. The monoisotopic (exact) mass is 287 g/mol. The second-order valence-corrected chi connectivity index (χ2v) is 6.43. The van der Waals surface area contributed by atoms with Crippen molar-refractivity contribution in [3.63, 3.8) is 0 Å². The first-order chi connectivity index (χ1) is 9.96. The van der Waals surface area contributed by atoms with E-state index < -0.39 is 0 Å². The highest BCUT2D eigenvalue weighted by Gasteiger charge is 2.26. The number of nitrogens with zero attached hydrogens (tertiary/aromatic N) is 1. The van der Waals surface area contributed by atoms with Gasteiger partial charge in [-0.25, -0.2) is 0 Å². The predicted molar refractivity (Wildman–Crippen MR) is 89.6 cm³/mol. The number of aryl methyl sites for hydroxylation is 3. The van der Waals surface area contributed by atoms with Crippen molar-refractivity contribution in [2.24, 2.45) is 5.92 Å². The molecule has 2 nitrogen and oxygen atoms in total. The van der Waals surface area contributed by atoms with Gasteiger partial charge in [0, 0.05) is 24.7 Å². The van der Waals surface area contributed by atoms with E-state index in [9.17, 15) is 0 Å². The number of hydrogen-bond donors (Lipinski definition) is 0. The lowest BCUT2D eigenvalue weighted by molar-refractivity contribution is 0.262. The van der Waals surface area contributed by atoms with Gasteiger partial charge in [0.25, 0.3) is 0 Å². The number of rotatable bonds is 5. The minimum Gasteiger partial charge on any atom is -0.459 e. The molecule has 1 heterocycles. The van der Waals surface area contributed by atoms with E-state index in [1.807, 2.05) is 0 Å². The Balaban J connectivity index is 2.21. The largest absolute Gasteiger partial charge is 0.459 e. The molecule has 0 saturated heterocycles. The van der Waals surface area contributed by atoms with Crippen LogP contribution in [0, 0.1) is 26.7 Å². The SMILES string of the molecule is CCC(CC)N1C=C(Oc2c(C)cc(C)cc2C)C(C)C1. The summed E-state index contributed by atoms with van der Waals surface area (Å²) >= 11 is 0. The summed E-state index contributed by atoms with van der Waals surface area (Å²) in [5.41, 5.74) is 3.74. The van der Waals surface area contributed by atoms with Crippen molar-refractivity contribution in [2.75, 3.05) is 6.54 Å². The summed E-state index contributed by atoms with van der Waals surface area (Å²) in [5.74, 6) is 2.60. The van der Waals surface area contributed by atoms with Crippen molar-refractivity contribution in [3.8, 4) is 5.75 Å². The highest BCUT2D eigenvalue weighted by atomic mass is 16.5. The van der Waals surface area contributed by atoms with Gasteiger partial charge in [-0.1, -0.05) is 38.5 Å². The molecule has 0 saturated carbocycles. The zero-order chi connectivity index (χ0) is 15.6. The molecule has 0 amide bonds. The summed E-state index contributed by atoms with van der Waals surface area (Å²) in [7, 11) is 0. The highest BCUT2D eigenvalue weighted by Crippen LogP contribution is 2.32. The van der Waals surface area contributed by atoms with E-state index in [0.29, 0.717) is 12.0 Å². The molecular weight excluding hydrogens is 258 g/mol. The van der Waals surface area contributed by atoms with Gasteiger partial charge in [0.2, 0.25) is 0 Å². The molecule has 0 spiro atoms. The van der Waals surface area contributed by atoms with Crippen molar-refractivity contribution in [1.82, 2.24) is 4.90 Å². The van der Waals surface area contributed by atoms with Crippen LogP contribution < -0.4 is 4.74 Å². The molecule has 1 aliphatic heterocycles. The normalized spacial score (nSPS) is 18.3. The minimum atomic E-state index is 0.464. The summed E-state index contributed by atoms with van der Waals surface area (Å²) in [5, 5.41) is 0. The first-order valence-corrected chi connectivity index (χ1v) is 8.19. The van der Waals surface area contributed by atoms with Crippen molar-refractivity contribution >= 4 is 0 Å². The fraction of sp³-hybridized carbons (Fsp3) is 0.579. The van der Waals surface area contributed by atoms with Crippen LogP contribution in [0.15, 0.2) is 24.1 Å². The van der Waals surface area contributed by atoms with Gasteiger partial charge in [0.1, 0.15) is 11.5 Å². The molecule has 0 aromatic heterocycles. The molecule has 1 unspecified atom stereocenters. The van der Waals surface area contributed by atoms with Crippen LogP contribution in [0.2, 0.25) is 0 Å². The zero-order valence-corrected chi connectivity index (χ0v) is 14.4. The molecule has 0 N–H and O–H groups in total. The van der Waals surface area contributed by atoms with Crippen LogP contribution in [0.3, 0.4) is 0 Å². The molecule has 1 aliphatic rings. The lowest BCUT2D eigenvalue weighted by Gasteiger charge is -2.25. The summed E-state index contributed by atoms with van der Waals surface area (Å²) < 4.78 is 6.29. The van der Waals surface area contributed by atoms with E-state index in [4.69, 9.17) is 4.74 Å². The molecule has 0 radical (unpaired) electrons. The molecule has 1 aromatic carbocycles. The van der Waals surface area contributed by atoms with Gasteiger partial charge in [-0.15, -0.1) is 0 Å². The summed E-state index contributed by atoms with van der Waals surface area (Å²) in [6.45, 7) is 14.3. The maximum Gasteiger partial charge on any atom is 0.132 e. The van der Waals surface area contributed by atoms with Gasteiger partial charge in [-0.05, 0) is 44.7 Å². The second-order valence-electron chi connectivity index (χ2n) is 6.43. The fourth-order valence-electron chi connectivity index (χ4n) is 3.33. The van der Waals surface area contributed by atoms with Crippen LogP contribution in [0.1, 0.15) is 50.3 Å². The predicted octanol–water partition coefficient (Wildman–Crippen LogP) is 4.97. The van der Waals surface area contributed by atoms with Gasteiger partial charge in [0.05, 0.1) is 0 Å². The van der Waals surface area contributed by atoms with Crippen LogP contribution in [0.4, 0.5) is 0 Å². The third kappa shape index (κ3) is 3.42. The quantitative estimate of drug-likeness (QED) is 0.758. The van der Waals surface area contributed by atoms with Gasteiger partial charge >= 0.3 is 0 Å². The topological polar surface area (TPSA) is 12.5 Å². The van der Waals surface area contributed by atoms with E-state index in [1.165, 1.54) is 29.5 Å². The van der Waals surface area contributed by atoms with Crippen LogP contribution in [0.25, 0.3) is 0 Å². The number of benzene rings is 1. The summed E-state index contributed by atoms with van der Waals surface area (Å²) in [6, 6.07) is 5.02. The summed E-state index contributed by atoms with van der Waals surface area (Å²) in [6.07, 6.45) is 4.62. The average molecular weight is 287 g/mol. The molecule has 0 fully saturated rings. The fourth-order valence-corrected chi connectivity index (χ4v) is 3.33. The Morgan fingerprint density at radius 2 is 1.71 bits per heavy atom. The van der Waals surface area contributed by atoms with Crippen molar-refractivity contribution in [2.45, 2.75) is 60.4 Å². The Morgan fingerprint density at radius 1 is 1.14 bits per heavy atom. The van der Waals surface area contributed by atoms with E-state index in [-0.39, 0.29) is 0 Å². The lowest BCUT2D eigenvalue weighted by atomic mass is 10.1. The van der Waals surface area contributed by atoms with E-state index in [0.717, 1.165) is 18.1 Å². The van der Waals surface area contributed by atoms with Crippen LogP contribution in [0.5, 0.6) is 5.75 Å². The zero-order valence-electron chi connectivity index (χ0n) is 14.4. The number of ether oxygens (including phenoxy) is 1. The molecule has 2 heteroatoms. The van der Waals surface area contributed by atoms with E-state index >= 15 is 0 Å². The van der Waals surface area contributed by atoms with Crippen LogP contribution in [-0.4, -0.2) is 17.5 Å². The lowest BCUT2D eigenvalue weighted by Crippen LogP contribution is -2.29. The summed E-state index contributed by atoms with van der Waals surface area (Å²) in [4.78, 5) is 2.46. The highest BCUT2D eigenvalue weighted by molar-refractivity contribution is 5.44. The molecule has 2 rings (SSSR count). The Labute approximate surface area is 129 Å². The third-order valence-electron chi connectivity index (χ3n) is 4.50. The Bertz CT molecular complexity index is 505. The molecule has 21 heavy (non-hydrogen) atoms.